The third-order valence-corrected chi connectivity index (χ3v) is 3.84. The van der Waals surface area contributed by atoms with Crippen LogP contribution in [0.4, 0.5) is 11.4 Å². The van der Waals surface area contributed by atoms with Gasteiger partial charge in [-0.3, -0.25) is 19.7 Å². The second-order valence-corrected chi connectivity index (χ2v) is 5.77. The molecule has 142 valence electrons. The van der Waals surface area contributed by atoms with E-state index in [1.165, 1.54) is 12.3 Å². The Hall–Kier alpha value is -4.14. The molecule has 0 aliphatic rings. The fraction of sp³-hybridized carbons (Fsp3) is 0.0526. The largest absolute Gasteiger partial charge is 0.502 e. The first kappa shape index (κ1) is 18.6. The van der Waals surface area contributed by atoms with Crippen LogP contribution in [0.5, 0.6) is 5.75 Å². The number of anilines is 1. The van der Waals surface area contributed by atoms with Crippen LogP contribution in [-0.2, 0) is 6.54 Å². The quantitative estimate of drug-likeness (QED) is 0.444. The average molecular weight is 381 g/mol. The molecule has 3 N–H and O–H groups in total. The summed E-state index contributed by atoms with van der Waals surface area (Å²) in [6, 6.07) is 13.4. The van der Waals surface area contributed by atoms with Crippen LogP contribution in [0.15, 0.2) is 65.3 Å². The summed E-state index contributed by atoms with van der Waals surface area (Å²) in [6.07, 6.45) is 1.41. The fourth-order valence-corrected chi connectivity index (χ4v) is 2.41. The van der Waals surface area contributed by atoms with Crippen molar-refractivity contribution in [2.24, 2.45) is 0 Å². The summed E-state index contributed by atoms with van der Waals surface area (Å²) in [5, 5.41) is 25.6. The number of furan rings is 1. The molecule has 0 bridgehead atoms. The monoisotopic (exact) mass is 381 g/mol. The predicted molar refractivity (Wildman–Crippen MR) is 99.0 cm³/mol. The minimum absolute atomic E-state index is 0.102. The molecule has 3 rings (SSSR count). The van der Waals surface area contributed by atoms with Gasteiger partial charge >= 0.3 is 5.69 Å². The fourth-order valence-electron chi connectivity index (χ4n) is 2.41. The summed E-state index contributed by atoms with van der Waals surface area (Å²) in [5.41, 5.74) is 0.974. The van der Waals surface area contributed by atoms with E-state index in [-0.39, 0.29) is 23.8 Å². The normalized spacial score (nSPS) is 10.3. The molecule has 28 heavy (non-hydrogen) atoms. The van der Waals surface area contributed by atoms with Crippen LogP contribution in [0.25, 0.3) is 0 Å². The number of phenols is 1. The Morgan fingerprint density at radius 2 is 1.82 bits per heavy atom. The van der Waals surface area contributed by atoms with E-state index < -0.39 is 22.3 Å². The molecule has 0 spiro atoms. The molecule has 0 saturated heterocycles. The predicted octanol–water partition coefficient (Wildman–Crippen LogP) is 3.08. The maximum atomic E-state index is 12.1. The van der Waals surface area contributed by atoms with Crippen LogP contribution < -0.4 is 10.6 Å². The van der Waals surface area contributed by atoms with Crippen molar-refractivity contribution in [3.05, 3.63) is 87.9 Å². The van der Waals surface area contributed by atoms with Gasteiger partial charge in [0.25, 0.3) is 11.8 Å². The maximum absolute atomic E-state index is 12.1. The minimum Gasteiger partial charge on any atom is -0.502 e. The summed E-state index contributed by atoms with van der Waals surface area (Å²) in [4.78, 5) is 34.0. The van der Waals surface area contributed by atoms with Crippen LogP contribution in [-0.4, -0.2) is 21.8 Å². The van der Waals surface area contributed by atoms with E-state index in [0.717, 1.165) is 17.7 Å². The first-order chi connectivity index (χ1) is 13.4. The SMILES string of the molecule is O=C(NCc1ccc(NC(=O)c2ccco2)cc1)c1ccc([N+](=O)[O-])c(O)c1. The van der Waals surface area contributed by atoms with Gasteiger partial charge in [0.2, 0.25) is 0 Å². The van der Waals surface area contributed by atoms with Gasteiger partial charge in [-0.1, -0.05) is 12.1 Å². The highest BCUT2D eigenvalue weighted by Crippen LogP contribution is 2.26. The molecule has 0 atom stereocenters. The van der Waals surface area contributed by atoms with Crippen molar-refractivity contribution in [2.75, 3.05) is 5.32 Å². The topological polar surface area (TPSA) is 135 Å². The molecule has 2 amide bonds. The molecule has 9 heteroatoms. The Labute approximate surface area is 158 Å². The van der Waals surface area contributed by atoms with Gasteiger partial charge in [-0.15, -0.1) is 0 Å². The van der Waals surface area contributed by atoms with Gasteiger partial charge < -0.3 is 20.2 Å². The molecule has 3 aromatic rings. The van der Waals surface area contributed by atoms with Crippen molar-refractivity contribution in [3.8, 4) is 5.75 Å². The number of benzene rings is 2. The Morgan fingerprint density at radius 1 is 1.07 bits per heavy atom. The number of rotatable bonds is 6. The molecule has 1 aromatic heterocycles. The number of carbonyl (C=O) groups is 2. The Balaban J connectivity index is 1.57. The first-order valence-corrected chi connectivity index (χ1v) is 8.13. The van der Waals surface area contributed by atoms with Crippen LogP contribution in [0.3, 0.4) is 0 Å². The highest BCUT2D eigenvalue weighted by Gasteiger charge is 2.16. The van der Waals surface area contributed by atoms with Gasteiger partial charge in [0.1, 0.15) is 0 Å². The molecular weight excluding hydrogens is 366 g/mol. The smallest absolute Gasteiger partial charge is 0.310 e. The lowest BCUT2D eigenvalue weighted by molar-refractivity contribution is -0.385. The van der Waals surface area contributed by atoms with Crippen LogP contribution in [0, 0.1) is 10.1 Å². The third kappa shape index (κ3) is 4.33. The maximum Gasteiger partial charge on any atom is 0.310 e. The lowest BCUT2D eigenvalue weighted by Gasteiger charge is -2.08. The van der Waals surface area contributed by atoms with E-state index >= 15 is 0 Å². The van der Waals surface area contributed by atoms with Gasteiger partial charge in [0.15, 0.2) is 11.5 Å². The summed E-state index contributed by atoms with van der Waals surface area (Å²) in [6.45, 7) is 0.197. The zero-order chi connectivity index (χ0) is 20.1. The third-order valence-electron chi connectivity index (χ3n) is 3.84. The van der Waals surface area contributed by atoms with Crippen molar-refractivity contribution >= 4 is 23.2 Å². The van der Waals surface area contributed by atoms with Crippen molar-refractivity contribution in [2.45, 2.75) is 6.54 Å². The second-order valence-electron chi connectivity index (χ2n) is 5.77. The summed E-state index contributed by atoms with van der Waals surface area (Å²) < 4.78 is 5.01. The highest BCUT2D eigenvalue weighted by molar-refractivity contribution is 6.02. The van der Waals surface area contributed by atoms with Crippen LogP contribution >= 0.6 is 0 Å². The van der Waals surface area contributed by atoms with Crippen molar-refractivity contribution in [1.82, 2.24) is 5.32 Å². The number of hydrogen-bond donors (Lipinski definition) is 3. The Morgan fingerprint density at radius 3 is 2.43 bits per heavy atom. The Kier molecular flexibility index (Phi) is 5.35. The molecule has 0 fully saturated rings. The zero-order valence-corrected chi connectivity index (χ0v) is 14.4. The van der Waals surface area contributed by atoms with Gasteiger partial charge in [-0.2, -0.15) is 0 Å². The van der Waals surface area contributed by atoms with Crippen molar-refractivity contribution in [3.63, 3.8) is 0 Å². The van der Waals surface area contributed by atoms with E-state index in [1.54, 1.807) is 36.4 Å². The standard InChI is InChI=1S/C19H15N3O6/c23-16-10-13(5-8-15(16)22(26)27)18(24)20-11-12-3-6-14(7-4-12)21-19(25)17-2-1-9-28-17/h1-10,23H,11H2,(H,20,24)(H,21,25). The van der Waals surface area contributed by atoms with E-state index in [9.17, 15) is 24.8 Å². The van der Waals surface area contributed by atoms with Crippen LogP contribution in [0.1, 0.15) is 26.5 Å². The number of nitro groups is 1. The average Bonchev–Trinajstić information content (AvgIpc) is 3.22. The zero-order valence-electron chi connectivity index (χ0n) is 14.4. The summed E-state index contributed by atoms with van der Waals surface area (Å²) >= 11 is 0. The van der Waals surface area contributed by atoms with Crippen molar-refractivity contribution < 1.29 is 24.0 Å². The van der Waals surface area contributed by atoms with Gasteiger partial charge in [0, 0.05) is 23.9 Å². The van der Waals surface area contributed by atoms with Crippen LogP contribution in [0.2, 0.25) is 0 Å². The lowest BCUT2D eigenvalue weighted by Crippen LogP contribution is -2.22. The molecule has 0 aliphatic heterocycles. The van der Waals surface area contributed by atoms with Gasteiger partial charge in [0.05, 0.1) is 11.2 Å². The minimum atomic E-state index is -0.733. The number of hydrogen-bond acceptors (Lipinski definition) is 6. The lowest BCUT2D eigenvalue weighted by atomic mass is 10.1. The summed E-state index contributed by atoms with van der Waals surface area (Å²) in [7, 11) is 0. The number of aromatic hydroxyl groups is 1. The molecule has 9 nitrogen and oxygen atoms in total. The van der Waals surface area contributed by atoms with Crippen molar-refractivity contribution in [1.29, 1.82) is 0 Å². The molecule has 0 unspecified atom stereocenters. The van der Waals surface area contributed by atoms with E-state index in [2.05, 4.69) is 10.6 Å². The second kappa shape index (κ2) is 8.04. The highest BCUT2D eigenvalue weighted by atomic mass is 16.6. The number of amides is 2. The Bertz CT molecular complexity index is 1010. The number of nitrogens with zero attached hydrogens (tertiary/aromatic N) is 1. The summed E-state index contributed by atoms with van der Waals surface area (Å²) in [5.74, 6) is -1.23. The molecule has 0 saturated carbocycles. The molecule has 0 aliphatic carbocycles. The molecule has 2 aromatic carbocycles. The van der Waals surface area contributed by atoms with Gasteiger partial charge in [-0.05, 0) is 42.0 Å². The van der Waals surface area contributed by atoms with E-state index in [1.807, 2.05) is 0 Å². The number of carbonyl (C=O) groups excluding carboxylic acids is 2. The number of nitrogens with one attached hydrogen (secondary N) is 2. The number of nitro benzene ring substituents is 1. The molecule has 1 heterocycles. The van der Waals surface area contributed by atoms with Gasteiger partial charge in [-0.25, -0.2) is 0 Å². The number of phenolic OH excluding ortho intramolecular Hbond substituents is 1. The van der Waals surface area contributed by atoms with E-state index in [0.29, 0.717) is 5.69 Å². The first-order valence-electron chi connectivity index (χ1n) is 8.13. The molecule has 0 radical (unpaired) electrons. The van der Waals surface area contributed by atoms with E-state index in [4.69, 9.17) is 4.42 Å². The molecular formula is C19H15N3O6.